The third-order valence-electron chi connectivity index (χ3n) is 6.13. The lowest BCUT2D eigenvalue weighted by Crippen LogP contribution is -2.48. The minimum Gasteiger partial charge on any atom is -0.496 e. The molecule has 1 aromatic heterocycles. The van der Waals surface area contributed by atoms with Crippen LogP contribution in [0.4, 0.5) is 0 Å². The highest BCUT2D eigenvalue weighted by molar-refractivity contribution is 5.92. The Bertz CT molecular complexity index is 1040. The molecule has 0 bridgehead atoms. The van der Waals surface area contributed by atoms with Gasteiger partial charge >= 0.3 is 0 Å². The molecule has 1 saturated heterocycles. The molecule has 3 heterocycles. The summed E-state index contributed by atoms with van der Waals surface area (Å²) in [6.07, 6.45) is 4.05. The quantitative estimate of drug-likeness (QED) is 0.671. The predicted molar refractivity (Wildman–Crippen MR) is 111 cm³/mol. The van der Waals surface area contributed by atoms with Crippen molar-refractivity contribution in [3.05, 3.63) is 71.5 Å². The van der Waals surface area contributed by atoms with Crippen molar-refractivity contribution in [2.24, 2.45) is 0 Å². The Kier molecular flexibility index (Phi) is 4.75. The van der Waals surface area contributed by atoms with Gasteiger partial charge in [0.15, 0.2) is 5.69 Å². The normalized spacial score (nSPS) is 17.6. The number of benzene rings is 2. The number of carbonyl (C=O) groups excluding carboxylic acids is 1. The third kappa shape index (κ3) is 3.15. The number of methoxy groups -OCH3 is 1. The van der Waals surface area contributed by atoms with Crippen LogP contribution in [-0.2, 0) is 16.8 Å². The molecule has 1 fully saturated rings. The van der Waals surface area contributed by atoms with Crippen LogP contribution >= 0.6 is 0 Å². The van der Waals surface area contributed by atoms with Crippen LogP contribution in [-0.4, -0.2) is 52.6 Å². The van der Waals surface area contributed by atoms with Gasteiger partial charge in [0.05, 0.1) is 25.6 Å². The first kappa shape index (κ1) is 18.8. The Morgan fingerprint density at radius 3 is 2.67 bits per heavy atom. The summed E-state index contributed by atoms with van der Waals surface area (Å²) < 4.78 is 13.6. The molecule has 1 spiro atoms. The van der Waals surface area contributed by atoms with E-state index in [-0.39, 0.29) is 5.91 Å². The average Bonchev–Trinajstić information content (AvgIpc) is 3.30. The van der Waals surface area contributed by atoms with Crippen molar-refractivity contribution < 1.29 is 14.3 Å². The van der Waals surface area contributed by atoms with E-state index in [0.717, 1.165) is 36.3 Å². The lowest BCUT2D eigenvalue weighted by atomic mass is 9.78. The van der Waals surface area contributed by atoms with Gasteiger partial charge < -0.3 is 14.4 Å². The second-order valence-corrected chi connectivity index (χ2v) is 7.76. The smallest absolute Gasteiger partial charge is 0.276 e. The van der Waals surface area contributed by atoms with E-state index < -0.39 is 5.60 Å². The molecule has 0 aliphatic carbocycles. The summed E-state index contributed by atoms with van der Waals surface area (Å²) in [7, 11) is 1.70. The minimum absolute atomic E-state index is 0.0944. The molecule has 30 heavy (non-hydrogen) atoms. The zero-order valence-electron chi connectivity index (χ0n) is 17.0. The number of para-hydroxylation sites is 1. The first-order chi connectivity index (χ1) is 14.7. The predicted octanol–water partition coefficient (Wildman–Crippen LogP) is 2.98. The topological polar surface area (TPSA) is 69.5 Å². The third-order valence-corrected chi connectivity index (χ3v) is 6.13. The molecule has 2 aromatic carbocycles. The van der Waals surface area contributed by atoms with Gasteiger partial charge in [0.1, 0.15) is 11.4 Å². The standard InChI is InChI=1S/C23H24N4O3/c1-29-20-9-5-6-17-10-15-30-23(21(17)20)11-13-26(14-12-23)22(28)19-16-27(25-24-19)18-7-3-2-4-8-18/h2-9,16H,10-15H2,1H3. The highest BCUT2D eigenvalue weighted by atomic mass is 16.5. The summed E-state index contributed by atoms with van der Waals surface area (Å²) in [5.41, 5.74) is 3.28. The number of hydrogen-bond acceptors (Lipinski definition) is 5. The van der Waals surface area contributed by atoms with Crippen LogP contribution in [0.15, 0.2) is 54.7 Å². The number of ether oxygens (including phenoxy) is 2. The fourth-order valence-electron chi connectivity index (χ4n) is 4.60. The minimum atomic E-state index is -0.390. The van der Waals surface area contributed by atoms with E-state index in [2.05, 4.69) is 16.4 Å². The van der Waals surface area contributed by atoms with Crippen molar-refractivity contribution in [3.8, 4) is 11.4 Å². The summed E-state index contributed by atoms with van der Waals surface area (Å²) in [5.74, 6) is 0.779. The largest absolute Gasteiger partial charge is 0.496 e. The maximum absolute atomic E-state index is 13.0. The van der Waals surface area contributed by atoms with Crippen molar-refractivity contribution in [2.75, 3.05) is 26.8 Å². The van der Waals surface area contributed by atoms with E-state index in [9.17, 15) is 4.79 Å². The second kappa shape index (κ2) is 7.57. The Morgan fingerprint density at radius 1 is 1.10 bits per heavy atom. The van der Waals surface area contributed by atoms with E-state index in [1.54, 1.807) is 18.0 Å². The van der Waals surface area contributed by atoms with Gasteiger partial charge in [0, 0.05) is 18.7 Å². The molecule has 2 aliphatic rings. The molecule has 7 heteroatoms. The lowest BCUT2D eigenvalue weighted by Gasteiger charge is -2.45. The monoisotopic (exact) mass is 404 g/mol. The molecule has 7 nitrogen and oxygen atoms in total. The van der Waals surface area contributed by atoms with Gasteiger partial charge in [-0.1, -0.05) is 35.5 Å². The summed E-state index contributed by atoms with van der Waals surface area (Å²) in [4.78, 5) is 14.9. The van der Waals surface area contributed by atoms with Crippen LogP contribution in [0.25, 0.3) is 5.69 Å². The van der Waals surface area contributed by atoms with Gasteiger partial charge in [-0.25, -0.2) is 4.68 Å². The number of piperidine rings is 1. The molecule has 5 rings (SSSR count). The number of rotatable bonds is 3. The Hall–Kier alpha value is -3.19. The van der Waals surface area contributed by atoms with Crippen LogP contribution in [0.2, 0.25) is 0 Å². The molecule has 1 amide bonds. The van der Waals surface area contributed by atoms with Crippen molar-refractivity contribution in [1.29, 1.82) is 0 Å². The zero-order valence-corrected chi connectivity index (χ0v) is 17.0. The molecule has 0 radical (unpaired) electrons. The number of amides is 1. The van der Waals surface area contributed by atoms with Gasteiger partial charge in [-0.3, -0.25) is 4.79 Å². The SMILES string of the molecule is COc1cccc2c1C1(CCN(C(=O)c3cn(-c4ccccc4)nn3)CC1)OCC2. The summed E-state index contributed by atoms with van der Waals surface area (Å²) in [6, 6.07) is 15.8. The van der Waals surface area contributed by atoms with Crippen LogP contribution in [0.5, 0.6) is 5.75 Å². The number of hydrogen-bond donors (Lipinski definition) is 0. The van der Waals surface area contributed by atoms with Gasteiger partial charge in [-0.2, -0.15) is 0 Å². The number of carbonyl (C=O) groups is 1. The van der Waals surface area contributed by atoms with Crippen LogP contribution in [0.1, 0.15) is 34.5 Å². The van der Waals surface area contributed by atoms with Crippen LogP contribution < -0.4 is 4.74 Å². The van der Waals surface area contributed by atoms with Crippen molar-refractivity contribution in [2.45, 2.75) is 24.9 Å². The van der Waals surface area contributed by atoms with E-state index >= 15 is 0 Å². The molecular weight excluding hydrogens is 380 g/mol. The first-order valence-corrected chi connectivity index (χ1v) is 10.3. The Morgan fingerprint density at radius 2 is 1.90 bits per heavy atom. The number of likely N-dealkylation sites (tertiary alicyclic amines) is 1. The first-order valence-electron chi connectivity index (χ1n) is 10.3. The molecular formula is C23H24N4O3. The Balaban J connectivity index is 1.34. The Labute approximate surface area is 175 Å². The van der Waals surface area contributed by atoms with Crippen molar-refractivity contribution in [1.82, 2.24) is 19.9 Å². The van der Waals surface area contributed by atoms with Crippen LogP contribution in [0, 0.1) is 0 Å². The maximum Gasteiger partial charge on any atom is 0.276 e. The van der Waals surface area contributed by atoms with Crippen molar-refractivity contribution in [3.63, 3.8) is 0 Å². The summed E-state index contributed by atoms with van der Waals surface area (Å²) >= 11 is 0. The lowest BCUT2D eigenvalue weighted by molar-refractivity contribution is -0.0947. The summed E-state index contributed by atoms with van der Waals surface area (Å²) in [6.45, 7) is 1.91. The highest BCUT2D eigenvalue weighted by Crippen LogP contribution is 2.45. The molecule has 2 aliphatic heterocycles. The number of aromatic nitrogens is 3. The number of nitrogens with zero attached hydrogens (tertiary/aromatic N) is 4. The van der Waals surface area contributed by atoms with Gasteiger partial charge in [-0.15, -0.1) is 5.10 Å². The van der Waals surface area contributed by atoms with E-state index in [4.69, 9.17) is 9.47 Å². The molecule has 0 N–H and O–H groups in total. The van der Waals surface area contributed by atoms with Crippen LogP contribution in [0.3, 0.4) is 0 Å². The second-order valence-electron chi connectivity index (χ2n) is 7.76. The van der Waals surface area contributed by atoms with E-state index in [0.29, 0.717) is 25.4 Å². The summed E-state index contributed by atoms with van der Waals surface area (Å²) in [5, 5.41) is 8.22. The fourth-order valence-corrected chi connectivity index (χ4v) is 4.60. The van der Waals surface area contributed by atoms with E-state index in [1.807, 2.05) is 47.4 Å². The molecule has 3 aromatic rings. The average molecular weight is 404 g/mol. The molecule has 0 saturated carbocycles. The van der Waals surface area contributed by atoms with Crippen molar-refractivity contribution >= 4 is 5.91 Å². The fraction of sp³-hybridized carbons (Fsp3) is 0.348. The molecule has 154 valence electrons. The molecule has 0 atom stereocenters. The van der Waals surface area contributed by atoms with E-state index in [1.165, 1.54) is 5.56 Å². The molecule has 0 unspecified atom stereocenters. The highest BCUT2D eigenvalue weighted by Gasteiger charge is 2.44. The van der Waals surface area contributed by atoms with Gasteiger partial charge in [0.2, 0.25) is 0 Å². The van der Waals surface area contributed by atoms with Gasteiger partial charge in [0.25, 0.3) is 5.91 Å². The number of fused-ring (bicyclic) bond motifs is 2. The maximum atomic E-state index is 13.0. The zero-order chi connectivity index (χ0) is 20.6. The van der Waals surface area contributed by atoms with Gasteiger partial charge in [-0.05, 0) is 43.0 Å².